The van der Waals surface area contributed by atoms with E-state index in [1.165, 1.54) is 37.8 Å². The van der Waals surface area contributed by atoms with Gasteiger partial charge in [0.1, 0.15) is 0 Å². The van der Waals surface area contributed by atoms with Crippen molar-refractivity contribution in [3.8, 4) is 5.75 Å². The normalized spacial score (nSPS) is 14.1. The number of thioether (sulfide) groups is 1. The van der Waals surface area contributed by atoms with Crippen molar-refractivity contribution in [3.05, 3.63) is 41.7 Å². The predicted molar refractivity (Wildman–Crippen MR) is 119 cm³/mol. The van der Waals surface area contributed by atoms with Gasteiger partial charge in [-0.15, -0.1) is 0 Å². The fourth-order valence-corrected chi connectivity index (χ4v) is 4.07. The first-order chi connectivity index (χ1) is 14.6. The molecule has 8 heteroatoms. The van der Waals surface area contributed by atoms with Crippen molar-refractivity contribution < 1.29 is 13.5 Å². The van der Waals surface area contributed by atoms with Gasteiger partial charge in [0.15, 0.2) is 17.4 Å². The summed E-state index contributed by atoms with van der Waals surface area (Å²) in [6.07, 6.45) is 10.2. The van der Waals surface area contributed by atoms with E-state index in [0.29, 0.717) is 36.3 Å². The molecule has 0 atom stereocenters. The summed E-state index contributed by atoms with van der Waals surface area (Å²) < 4.78 is 33.6. The molecule has 30 heavy (non-hydrogen) atoms. The van der Waals surface area contributed by atoms with Gasteiger partial charge in [-0.2, -0.15) is 11.8 Å². The Bertz CT molecular complexity index is 800. The zero-order valence-corrected chi connectivity index (χ0v) is 18.5. The van der Waals surface area contributed by atoms with Crippen molar-refractivity contribution in [2.45, 2.75) is 39.2 Å². The molecule has 5 nitrogen and oxygen atoms in total. The van der Waals surface area contributed by atoms with Crippen molar-refractivity contribution in [1.82, 2.24) is 9.97 Å². The average molecular weight is 437 g/mol. The maximum Gasteiger partial charge on any atom is 0.223 e. The molecule has 3 rings (SSSR count). The van der Waals surface area contributed by atoms with Crippen LogP contribution in [-0.2, 0) is 6.54 Å². The number of nitrogens with zero attached hydrogens (tertiary/aromatic N) is 3. The van der Waals surface area contributed by atoms with Gasteiger partial charge in [-0.05, 0) is 43.6 Å². The van der Waals surface area contributed by atoms with Gasteiger partial charge in [0.2, 0.25) is 5.95 Å². The van der Waals surface area contributed by atoms with E-state index in [1.54, 1.807) is 24.2 Å². The summed E-state index contributed by atoms with van der Waals surface area (Å²) in [5.41, 5.74) is 1.42. The molecule has 0 aliphatic heterocycles. The van der Waals surface area contributed by atoms with E-state index in [0.717, 1.165) is 24.5 Å². The minimum Gasteiger partial charge on any atom is -0.489 e. The molecule has 164 valence electrons. The largest absolute Gasteiger partial charge is 0.489 e. The molecule has 0 spiro atoms. The molecule has 1 heterocycles. The summed E-state index contributed by atoms with van der Waals surface area (Å²) in [7, 11) is 0. The van der Waals surface area contributed by atoms with Crippen LogP contribution in [0, 0.1) is 17.6 Å². The van der Waals surface area contributed by atoms with E-state index >= 15 is 0 Å². The summed E-state index contributed by atoms with van der Waals surface area (Å²) in [5, 5.41) is 3.12. The Morgan fingerprint density at radius 3 is 2.53 bits per heavy atom. The van der Waals surface area contributed by atoms with E-state index < -0.39 is 11.6 Å². The monoisotopic (exact) mass is 436 g/mol. The minimum atomic E-state index is -0.842. The number of rotatable bonds is 11. The number of aromatic nitrogens is 2. The van der Waals surface area contributed by atoms with Gasteiger partial charge in [0, 0.05) is 37.1 Å². The molecule has 1 aliphatic carbocycles. The molecule has 1 aromatic carbocycles. The van der Waals surface area contributed by atoms with E-state index in [2.05, 4.69) is 20.2 Å². The lowest BCUT2D eigenvalue weighted by Crippen LogP contribution is -2.29. The Morgan fingerprint density at radius 1 is 1.17 bits per heavy atom. The van der Waals surface area contributed by atoms with E-state index in [9.17, 15) is 8.78 Å². The minimum absolute atomic E-state index is 0.306. The van der Waals surface area contributed by atoms with Crippen LogP contribution in [-0.4, -0.2) is 41.7 Å². The Labute approximate surface area is 181 Å². The third kappa shape index (κ3) is 6.20. The van der Waals surface area contributed by atoms with Gasteiger partial charge in [-0.3, -0.25) is 0 Å². The number of halogens is 2. The molecule has 0 amide bonds. The van der Waals surface area contributed by atoms with Crippen LogP contribution in [0.4, 0.5) is 20.4 Å². The summed E-state index contributed by atoms with van der Waals surface area (Å²) in [6, 6.07) is 2.59. The zero-order valence-electron chi connectivity index (χ0n) is 17.7. The lowest BCUT2D eigenvalue weighted by molar-refractivity contribution is 0.341. The van der Waals surface area contributed by atoms with Gasteiger partial charge >= 0.3 is 0 Å². The second kappa shape index (κ2) is 11.3. The first-order valence-corrected chi connectivity index (χ1v) is 11.9. The molecule has 0 unspecified atom stereocenters. The third-order valence-electron chi connectivity index (χ3n) is 5.42. The SMILES string of the molecule is CCN(CC1CCCC1)c1cc(F)c(F)cc1CNc1ncc(OCCSC)cn1. The Hall–Kier alpha value is -2.09. The van der Waals surface area contributed by atoms with Crippen LogP contribution < -0.4 is 15.0 Å². The molecule has 1 saturated carbocycles. The smallest absolute Gasteiger partial charge is 0.223 e. The fraction of sp³-hybridized carbons (Fsp3) is 0.545. The molecular weight excluding hydrogens is 406 g/mol. The average Bonchev–Trinajstić information content (AvgIpc) is 3.27. The van der Waals surface area contributed by atoms with Crippen LogP contribution in [0.1, 0.15) is 38.2 Å². The summed E-state index contributed by atoms with van der Waals surface area (Å²) in [6.45, 7) is 4.57. The van der Waals surface area contributed by atoms with Crippen LogP contribution in [0.25, 0.3) is 0 Å². The highest BCUT2D eigenvalue weighted by atomic mass is 32.2. The highest BCUT2D eigenvalue weighted by Crippen LogP contribution is 2.30. The zero-order chi connectivity index (χ0) is 21.3. The number of benzene rings is 1. The van der Waals surface area contributed by atoms with Crippen molar-refractivity contribution in [1.29, 1.82) is 0 Å². The number of hydrogen-bond donors (Lipinski definition) is 1. The number of nitrogens with one attached hydrogen (secondary N) is 1. The summed E-state index contributed by atoms with van der Waals surface area (Å²) in [4.78, 5) is 10.7. The molecule has 0 radical (unpaired) electrons. The molecule has 1 N–H and O–H groups in total. The lowest BCUT2D eigenvalue weighted by atomic mass is 10.1. The molecule has 0 saturated heterocycles. The Morgan fingerprint density at radius 2 is 1.87 bits per heavy atom. The quantitative estimate of drug-likeness (QED) is 0.493. The Balaban J connectivity index is 1.69. The fourth-order valence-electron chi connectivity index (χ4n) is 3.82. The third-order valence-corrected chi connectivity index (χ3v) is 5.99. The van der Waals surface area contributed by atoms with Crippen LogP contribution >= 0.6 is 11.8 Å². The van der Waals surface area contributed by atoms with Gasteiger partial charge in [-0.1, -0.05) is 12.8 Å². The second-order valence-corrected chi connectivity index (χ2v) is 8.51. The van der Waals surface area contributed by atoms with Crippen molar-refractivity contribution in [2.24, 2.45) is 5.92 Å². The second-order valence-electron chi connectivity index (χ2n) is 7.52. The highest BCUT2D eigenvalue weighted by molar-refractivity contribution is 7.98. The standard InChI is InChI=1S/C22H30F2N4OS/c1-3-28(15-16-6-4-5-7-16)21-11-20(24)19(23)10-17(21)12-25-22-26-13-18(14-27-22)29-8-9-30-2/h10-11,13-14,16H,3-9,12,15H2,1-2H3,(H,25,26,27). The molecule has 0 bridgehead atoms. The van der Waals surface area contributed by atoms with Crippen molar-refractivity contribution in [3.63, 3.8) is 0 Å². The predicted octanol–water partition coefficient (Wildman–Crippen LogP) is 5.13. The van der Waals surface area contributed by atoms with Crippen LogP contribution in [0.15, 0.2) is 24.5 Å². The van der Waals surface area contributed by atoms with E-state index in [-0.39, 0.29) is 0 Å². The van der Waals surface area contributed by atoms with Crippen molar-refractivity contribution >= 4 is 23.4 Å². The maximum absolute atomic E-state index is 14.0. The summed E-state index contributed by atoms with van der Waals surface area (Å²) >= 11 is 1.71. The molecule has 1 aliphatic rings. The van der Waals surface area contributed by atoms with Gasteiger partial charge < -0.3 is 15.0 Å². The molecular formula is C22H30F2N4OS. The number of ether oxygens (including phenoxy) is 1. The first-order valence-electron chi connectivity index (χ1n) is 10.5. The maximum atomic E-state index is 14.0. The topological polar surface area (TPSA) is 50.3 Å². The van der Waals surface area contributed by atoms with Crippen LogP contribution in [0.2, 0.25) is 0 Å². The number of anilines is 2. The van der Waals surface area contributed by atoms with Gasteiger partial charge in [0.05, 0.1) is 19.0 Å². The molecule has 1 aromatic heterocycles. The molecule has 2 aromatic rings. The van der Waals surface area contributed by atoms with E-state index in [4.69, 9.17) is 4.74 Å². The van der Waals surface area contributed by atoms with E-state index in [1.807, 2.05) is 13.2 Å². The van der Waals surface area contributed by atoms with Crippen LogP contribution in [0.3, 0.4) is 0 Å². The molecule has 1 fully saturated rings. The van der Waals surface area contributed by atoms with Crippen LogP contribution in [0.5, 0.6) is 5.75 Å². The highest BCUT2D eigenvalue weighted by Gasteiger charge is 2.21. The Kier molecular flexibility index (Phi) is 8.54. The summed E-state index contributed by atoms with van der Waals surface area (Å²) in [5.74, 6) is 0.875. The number of hydrogen-bond acceptors (Lipinski definition) is 6. The van der Waals surface area contributed by atoms with Crippen molar-refractivity contribution in [2.75, 3.05) is 41.9 Å². The lowest BCUT2D eigenvalue weighted by Gasteiger charge is -2.29. The van der Waals surface area contributed by atoms with Gasteiger partial charge in [0.25, 0.3) is 0 Å². The van der Waals surface area contributed by atoms with Gasteiger partial charge in [-0.25, -0.2) is 18.7 Å². The first kappa shape index (κ1) is 22.6.